The van der Waals surface area contributed by atoms with Crippen molar-refractivity contribution in [3.05, 3.63) is 478 Å². The average Bonchev–Trinajstić information content (AvgIpc) is 1.57. The Morgan fingerprint density at radius 1 is 0.214 bits per heavy atom. The van der Waals surface area contributed by atoms with E-state index in [0.29, 0.717) is 34.9 Å². The molecule has 0 amide bonds. The predicted octanol–water partition coefficient (Wildman–Crippen LogP) is 35.5. The number of pyridine rings is 1. The Bertz CT molecular complexity index is 10300. The second-order valence-electron chi connectivity index (χ2n) is 38.0. The maximum absolute atomic E-state index is 6.38. The molecule has 6 heterocycles. The number of rotatable bonds is 10. The Labute approximate surface area is 837 Å². The van der Waals surface area contributed by atoms with Crippen LogP contribution in [0.15, 0.2) is 472 Å². The molecule has 0 spiro atoms. The summed E-state index contributed by atoms with van der Waals surface area (Å²) in [5.74, 6) is 3.83. The topological polar surface area (TPSA) is 129 Å². The summed E-state index contributed by atoms with van der Waals surface area (Å²) in [5, 5.41) is 29.7. The van der Waals surface area contributed by atoms with E-state index in [2.05, 4.69) is 299 Å². The molecule has 0 radical (unpaired) electrons. The van der Waals surface area contributed by atoms with Crippen molar-refractivity contribution in [1.29, 1.82) is 0 Å². The van der Waals surface area contributed by atoms with E-state index < -0.39 is 0 Å². The van der Waals surface area contributed by atoms with Gasteiger partial charge in [-0.2, -0.15) is 0 Å². The smallest absolute Gasteiger partial charge is 0.165 e. The van der Waals surface area contributed by atoms with Crippen LogP contribution in [0.2, 0.25) is 0 Å². The first-order valence-corrected chi connectivity index (χ1v) is 49.9. The average molecular weight is 1870 g/mol. The third-order valence-corrected chi connectivity index (χ3v) is 30.4. The van der Waals surface area contributed by atoms with Crippen molar-refractivity contribution in [3.63, 3.8) is 0 Å². The SMILES string of the molecule is CC1(C)c2ccccc2-c2c1ccc1ccc3ccc4cc(-c5ccc(-c6nc(-c7ccccc7)nc(-c7ccccc7)n6)cn5)ccc4c3c21.c1ccc(-c2nc(-c3ccccc3)nc(-c3ccc(-c4ccc5c(ccc6ccc7ccc8sc9ccccc9c8c7c65)c4)c4ccccc34)n2)cc1.c1ccc(-c2nc3ccccc3nc2-c2ccc3c(ccc4ccc5c(ccc6c7ccccc7oc65)c43)c2)cc1. The molecule has 23 aromatic carbocycles. The van der Waals surface area contributed by atoms with Crippen LogP contribution in [-0.2, 0) is 5.41 Å². The molecule has 0 atom stereocenters. The molecule has 11 heteroatoms. The fourth-order valence-electron chi connectivity index (χ4n) is 22.3. The first-order valence-electron chi connectivity index (χ1n) is 49.1. The molecule has 145 heavy (non-hydrogen) atoms. The second-order valence-corrected chi connectivity index (χ2v) is 39.1. The predicted molar refractivity (Wildman–Crippen MR) is 604 cm³/mol. The van der Waals surface area contributed by atoms with Crippen LogP contribution in [0.3, 0.4) is 0 Å². The largest absolute Gasteiger partial charge is 0.455 e. The zero-order valence-electron chi connectivity index (χ0n) is 78.8. The lowest BCUT2D eigenvalue weighted by Crippen LogP contribution is -2.14. The van der Waals surface area contributed by atoms with E-state index in [-0.39, 0.29) is 5.41 Å². The van der Waals surface area contributed by atoms with E-state index in [9.17, 15) is 0 Å². The van der Waals surface area contributed by atoms with Crippen LogP contribution in [0.1, 0.15) is 25.0 Å². The number of aromatic nitrogens is 9. The van der Waals surface area contributed by atoms with Crippen molar-refractivity contribution in [2.24, 2.45) is 0 Å². The quantitative estimate of drug-likeness (QED) is 0.122. The Kier molecular flexibility index (Phi) is 19.9. The molecule has 0 aliphatic heterocycles. The Balaban J connectivity index is 0.000000106. The number of furan rings is 1. The first kappa shape index (κ1) is 84.3. The fourth-order valence-corrected chi connectivity index (χ4v) is 23.4. The summed E-state index contributed by atoms with van der Waals surface area (Å²) in [6.45, 7) is 4.70. The third-order valence-electron chi connectivity index (χ3n) is 29.3. The molecule has 0 bridgehead atoms. The van der Waals surface area contributed by atoms with Gasteiger partial charge in [0.05, 0.1) is 28.1 Å². The van der Waals surface area contributed by atoms with E-state index in [1.807, 2.05) is 193 Å². The highest BCUT2D eigenvalue weighted by Gasteiger charge is 2.37. The highest BCUT2D eigenvalue weighted by Crippen LogP contribution is 2.54. The number of hydrogen-bond acceptors (Lipinski definition) is 11. The molecule has 29 aromatic rings. The van der Waals surface area contributed by atoms with E-state index >= 15 is 0 Å². The van der Waals surface area contributed by atoms with Gasteiger partial charge in [-0.3, -0.25) is 4.98 Å². The molecule has 676 valence electrons. The van der Waals surface area contributed by atoms with Crippen molar-refractivity contribution in [1.82, 2.24) is 44.9 Å². The number of fused-ring (bicyclic) bond motifs is 29. The first-order chi connectivity index (χ1) is 71.6. The molecule has 0 saturated heterocycles. The molecular formula is C134H83N9OS. The fraction of sp³-hybridized carbons (Fsp3) is 0.0224. The lowest BCUT2D eigenvalue weighted by molar-refractivity contribution is 0.661. The minimum atomic E-state index is -0.0502. The van der Waals surface area contributed by atoms with Gasteiger partial charge in [0.25, 0.3) is 0 Å². The van der Waals surface area contributed by atoms with Crippen molar-refractivity contribution in [2.45, 2.75) is 19.3 Å². The molecule has 10 nitrogen and oxygen atoms in total. The van der Waals surface area contributed by atoms with Gasteiger partial charge in [-0.05, 0) is 215 Å². The van der Waals surface area contributed by atoms with E-state index in [0.717, 1.165) is 116 Å². The number of nitrogens with zero attached hydrogens (tertiary/aromatic N) is 9. The Hall–Kier alpha value is -18.8. The van der Waals surface area contributed by atoms with Gasteiger partial charge in [-0.15, -0.1) is 11.3 Å². The Morgan fingerprint density at radius 2 is 0.614 bits per heavy atom. The number of para-hydroxylation sites is 3. The molecule has 0 saturated carbocycles. The number of thiophene rings is 1. The number of benzene rings is 23. The summed E-state index contributed by atoms with van der Waals surface area (Å²) in [4.78, 5) is 44.8. The highest BCUT2D eigenvalue weighted by molar-refractivity contribution is 7.26. The lowest BCUT2D eigenvalue weighted by Gasteiger charge is -2.21. The van der Waals surface area contributed by atoms with Crippen molar-refractivity contribution >= 4 is 172 Å². The monoisotopic (exact) mass is 1870 g/mol. The van der Waals surface area contributed by atoms with Gasteiger partial charge in [-0.1, -0.05) is 396 Å². The third kappa shape index (κ3) is 14.4. The second kappa shape index (κ2) is 34.3. The minimum absolute atomic E-state index is 0.0502. The molecule has 1 aliphatic carbocycles. The van der Waals surface area contributed by atoms with Crippen LogP contribution in [0.5, 0.6) is 0 Å². The van der Waals surface area contributed by atoms with Crippen molar-refractivity contribution < 1.29 is 4.42 Å². The lowest BCUT2D eigenvalue weighted by atomic mass is 9.81. The molecular weight excluding hydrogens is 1780 g/mol. The van der Waals surface area contributed by atoms with Gasteiger partial charge in [0, 0.05) is 98.0 Å². The van der Waals surface area contributed by atoms with Crippen LogP contribution in [0, 0.1) is 0 Å². The summed E-state index contributed by atoms with van der Waals surface area (Å²) in [6, 6.07) is 163. The maximum Gasteiger partial charge on any atom is 0.165 e. The summed E-state index contributed by atoms with van der Waals surface area (Å²) < 4.78 is 9.04. The van der Waals surface area contributed by atoms with Gasteiger partial charge >= 0.3 is 0 Å². The van der Waals surface area contributed by atoms with Crippen LogP contribution >= 0.6 is 11.3 Å². The molecule has 1 aliphatic rings. The Morgan fingerprint density at radius 3 is 1.22 bits per heavy atom. The maximum atomic E-state index is 6.38. The minimum Gasteiger partial charge on any atom is -0.455 e. The van der Waals surface area contributed by atoms with Crippen LogP contribution in [-0.4, -0.2) is 44.9 Å². The van der Waals surface area contributed by atoms with Gasteiger partial charge in [0.2, 0.25) is 0 Å². The van der Waals surface area contributed by atoms with Crippen LogP contribution in [0.25, 0.3) is 285 Å². The van der Waals surface area contributed by atoms with Gasteiger partial charge < -0.3 is 4.42 Å². The zero-order valence-corrected chi connectivity index (χ0v) is 79.6. The van der Waals surface area contributed by atoms with Gasteiger partial charge in [0.15, 0.2) is 34.9 Å². The standard InChI is InChI=1S/C49H29N3S.C47H32N4.C38H22N2O/c1-3-11-32(12-4-1)47-50-48(33-13-5-2-6-14-33)52-49(51-47)40-27-26-36(38-15-7-8-16-39(38)40)34-23-25-37-35(29-34)22-21-30-19-20-31-24-28-43-46(45(31)44(30)37)41-17-9-10-18-42(41)53-43;1-47(2)38-16-10-9-15-37(38)43-39(47)25-22-30-18-17-29-19-20-33-27-34(21-24-36(33)41(29)42(30)43)40-26-23-35(28-48-40)46-50-44(31-11-5-3-6-12-31)49-45(51-46)32-13-7-4-8-14-32;1-2-8-24(9-3-1)36-37(40-33-12-6-5-11-32(33)39-36)26-17-18-27-25(22-26)15-14-23-16-19-31-29(35(23)27)20-21-30-28-10-4-7-13-34(28)41-38(30)31/h1-29H;3-28H,1-2H3;1-22H. The summed E-state index contributed by atoms with van der Waals surface area (Å²) in [5.41, 5.74) is 22.9. The van der Waals surface area contributed by atoms with Crippen molar-refractivity contribution in [3.8, 4) is 124 Å². The van der Waals surface area contributed by atoms with E-state index in [4.69, 9.17) is 49.3 Å². The van der Waals surface area contributed by atoms with Crippen LogP contribution in [0.4, 0.5) is 0 Å². The van der Waals surface area contributed by atoms with Gasteiger partial charge in [0.1, 0.15) is 11.2 Å². The highest BCUT2D eigenvalue weighted by atomic mass is 32.1. The molecule has 30 rings (SSSR count). The molecule has 0 N–H and O–H groups in total. The molecule has 0 unspecified atom stereocenters. The van der Waals surface area contributed by atoms with Gasteiger partial charge in [-0.25, -0.2) is 39.9 Å². The summed E-state index contributed by atoms with van der Waals surface area (Å²) >= 11 is 1.88. The summed E-state index contributed by atoms with van der Waals surface area (Å²) in [7, 11) is 0. The normalized spacial score (nSPS) is 12.3. The summed E-state index contributed by atoms with van der Waals surface area (Å²) in [6.07, 6.45) is 1.87. The van der Waals surface area contributed by atoms with Crippen LogP contribution < -0.4 is 0 Å². The zero-order chi connectivity index (χ0) is 95.9. The molecule has 6 aromatic heterocycles. The number of hydrogen-bond donors (Lipinski definition) is 0. The molecule has 0 fully saturated rings. The van der Waals surface area contributed by atoms with E-state index in [1.165, 1.54) is 145 Å². The van der Waals surface area contributed by atoms with Crippen molar-refractivity contribution in [2.75, 3.05) is 0 Å². The van der Waals surface area contributed by atoms with E-state index in [1.54, 1.807) is 0 Å².